The molecule has 0 saturated carbocycles. The van der Waals surface area contributed by atoms with Crippen molar-refractivity contribution in [3.63, 3.8) is 0 Å². The van der Waals surface area contributed by atoms with E-state index in [1.807, 2.05) is 5.92 Å². The third-order valence-electron chi connectivity index (χ3n) is 0.306. The molecule has 6 heavy (non-hydrogen) atoms. The zero-order chi connectivity index (χ0) is 5.21. The standard InChI is InChI=1S/C5H7O/c1-4-5(2,3)6/h6H,2-3H3. The lowest BCUT2D eigenvalue weighted by atomic mass is 10.2. The maximum Gasteiger partial charge on any atom is 0.120 e. The second-order valence-electron chi connectivity index (χ2n) is 1.68. The molecule has 0 aromatic rings. The van der Waals surface area contributed by atoms with E-state index in [9.17, 15) is 0 Å². The molecule has 0 rings (SSSR count). The molecule has 0 bridgehead atoms. The molecular weight excluding hydrogens is 76.1 g/mol. The molecule has 0 spiro atoms. The largest absolute Gasteiger partial charge is 0.378 e. The van der Waals surface area contributed by atoms with Gasteiger partial charge in [0.2, 0.25) is 0 Å². The van der Waals surface area contributed by atoms with Gasteiger partial charge in [-0.3, -0.25) is 0 Å². The Hall–Kier alpha value is -0.480. The highest BCUT2D eigenvalue weighted by molar-refractivity contribution is 4.95. The quantitative estimate of drug-likeness (QED) is 0.419. The van der Waals surface area contributed by atoms with Gasteiger partial charge in [0.05, 0.1) is 0 Å². The molecule has 0 heterocycles. The topological polar surface area (TPSA) is 20.2 Å². The van der Waals surface area contributed by atoms with Crippen LogP contribution in [0.1, 0.15) is 13.8 Å². The summed E-state index contributed by atoms with van der Waals surface area (Å²) in [6.45, 7) is 3.00. The van der Waals surface area contributed by atoms with Crippen LogP contribution in [-0.4, -0.2) is 10.7 Å². The van der Waals surface area contributed by atoms with Crippen molar-refractivity contribution in [2.24, 2.45) is 0 Å². The maximum atomic E-state index is 8.53. The van der Waals surface area contributed by atoms with Crippen LogP contribution in [0.25, 0.3) is 0 Å². The molecule has 0 aliphatic heterocycles. The normalized spacial score (nSPS) is 10.3. The molecule has 33 valence electrons. The Kier molecular flexibility index (Phi) is 1.21. The van der Waals surface area contributed by atoms with Gasteiger partial charge in [-0.25, -0.2) is 0 Å². The van der Waals surface area contributed by atoms with Crippen molar-refractivity contribution in [2.75, 3.05) is 0 Å². The Morgan fingerprint density at radius 2 is 1.83 bits per heavy atom. The van der Waals surface area contributed by atoms with Gasteiger partial charge in [0.15, 0.2) is 0 Å². The lowest BCUT2D eigenvalue weighted by Gasteiger charge is -2.03. The van der Waals surface area contributed by atoms with E-state index in [2.05, 4.69) is 0 Å². The van der Waals surface area contributed by atoms with Crippen LogP contribution in [0.3, 0.4) is 0 Å². The first-order valence-electron chi connectivity index (χ1n) is 1.72. The van der Waals surface area contributed by atoms with E-state index in [0.29, 0.717) is 0 Å². The second-order valence-corrected chi connectivity index (χ2v) is 1.68. The molecule has 0 aliphatic carbocycles. The Bertz CT molecular complexity index is 70.9. The summed E-state index contributed by atoms with van der Waals surface area (Å²) >= 11 is 0. The van der Waals surface area contributed by atoms with Crippen molar-refractivity contribution in [1.82, 2.24) is 0 Å². The zero-order valence-corrected chi connectivity index (χ0v) is 3.95. The minimum atomic E-state index is -1.04. The van der Waals surface area contributed by atoms with Crippen LogP contribution in [-0.2, 0) is 0 Å². The SMILES string of the molecule is [C]#CC(C)(C)O. The smallest absolute Gasteiger partial charge is 0.120 e. The Morgan fingerprint density at radius 1 is 1.67 bits per heavy atom. The van der Waals surface area contributed by atoms with Crippen molar-refractivity contribution in [3.8, 4) is 5.92 Å². The third kappa shape index (κ3) is 3.52. The van der Waals surface area contributed by atoms with E-state index in [0.717, 1.165) is 0 Å². The van der Waals surface area contributed by atoms with Gasteiger partial charge in [-0.15, -0.1) is 0 Å². The van der Waals surface area contributed by atoms with E-state index in [1.54, 1.807) is 0 Å². The summed E-state index contributed by atoms with van der Waals surface area (Å²) in [7, 11) is 0. The highest BCUT2D eigenvalue weighted by Gasteiger charge is 2.03. The first kappa shape index (κ1) is 5.52. The van der Waals surface area contributed by atoms with E-state index in [4.69, 9.17) is 11.5 Å². The van der Waals surface area contributed by atoms with Crippen LogP contribution in [0.4, 0.5) is 0 Å². The van der Waals surface area contributed by atoms with Gasteiger partial charge < -0.3 is 5.11 Å². The summed E-state index contributed by atoms with van der Waals surface area (Å²) in [4.78, 5) is 0. The monoisotopic (exact) mass is 83.0 g/mol. The van der Waals surface area contributed by atoms with E-state index < -0.39 is 5.60 Å². The molecule has 1 nitrogen and oxygen atoms in total. The number of aliphatic hydroxyl groups is 1. The minimum Gasteiger partial charge on any atom is -0.378 e. The Balaban J connectivity index is 3.55. The highest BCUT2D eigenvalue weighted by atomic mass is 16.3. The molecule has 0 aliphatic rings. The van der Waals surface area contributed by atoms with Crippen molar-refractivity contribution in [1.29, 1.82) is 0 Å². The first-order chi connectivity index (χ1) is 2.56. The first-order valence-corrected chi connectivity index (χ1v) is 1.72. The molecule has 0 saturated heterocycles. The van der Waals surface area contributed by atoms with Gasteiger partial charge in [-0.2, -0.15) is 0 Å². The van der Waals surface area contributed by atoms with Crippen LogP contribution in [0.5, 0.6) is 0 Å². The van der Waals surface area contributed by atoms with Crippen molar-refractivity contribution >= 4 is 0 Å². The maximum absolute atomic E-state index is 8.53. The number of hydrogen-bond acceptors (Lipinski definition) is 1. The summed E-state index contributed by atoms with van der Waals surface area (Å²) in [5.41, 5.74) is -1.04. The predicted octanol–water partition coefficient (Wildman–Crippen LogP) is 0.347. The van der Waals surface area contributed by atoms with Crippen LogP contribution in [0.2, 0.25) is 0 Å². The molecule has 0 aromatic carbocycles. The molecule has 1 radical (unpaired) electrons. The molecule has 0 atom stereocenters. The fraction of sp³-hybridized carbons (Fsp3) is 0.600. The zero-order valence-electron chi connectivity index (χ0n) is 3.95. The number of hydrogen-bond donors (Lipinski definition) is 1. The highest BCUT2D eigenvalue weighted by Crippen LogP contribution is 1.94. The summed E-state index contributed by atoms with van der Waals surface area (Å²) in [6.07, 6.45) is 6.35. The Morgan fingerprint density at radius 3 is 1.83 bits per heavy atom. The van der Waals surface area contributed by atoms with Gasteiger partial charge in [0.1, 0.15) is 5.60 Å². The molecule has 1 heteroatoms. The molecule has 0 unspecified atom stereocenters. The van der Waals surface area contributed by atoms with Crippen LogP contribution in [0.15, 0.2) is 0 Å². The molecule has 0 amide bonds. The summed E-state index contributed by atoms with van der Waals surface area (Å²) in [6, 6.07) is 0. The van der Waals surface area contributed by atoms with E-state index in [-0.39, 0.29) is 0 Å². The van der Waals surface area contributed by atoms with Crippen molar-refractivity contribution in [2.45, 2.75) is 19.4 Å². The molecular formula is C5H7O. The predicted molar refractivity (Wildman–Crippen MR) is 23.4 cm³/mol. The second kappa shape index (κ2) is 1.32. The van der Waals surface area contributed by atoms with Gasteiger partial charge in [-0.1, -0.05) is 5.92 Å². The lowest BCUT2D eigenvalue weighted by molar-refractivity contribution is 0.143. The van der Waals surface area contributed by atoms with Crippen LogP contribution >= 0.6 is 0 Å². The lowest BCUT2D eigenvalue weighted by Crippen LogP contribution is -2.13. The van der Waals surface area contributed by atoms with Crippen LogP contribution in [0, 0.1) is 12.3 Å². The summed E-state index contributed by atoms with van der Waals surface area (Å²) < 4.78 is 0. The van der Waals surface area contributed by atoms with Gasteiger partial charge in [0.25, 0.3) is 0 Å². The van der Waals surface area contributed by atoms with Crippen molar-refractivity contribution in [3.05, 3.63) is 6.42 Å². The Labute approximate surface area is 38.0 Å². The van der Waals surface area contributed by atoms with Crippen molar-refractivity contribution < 1.29 is 5.11 Å². The molecule has 0 aromatic heterocycles. The fourth-order valence-corrected chi connectivity index (χ4v) is 0. The minimum absolute atomic E-state index is 1.04. The van der Waals surface area contributed by atoms with Gasteiger partial charge in [0, 0.05) is 0 Å². The molecule has 0 fully saturated rings. The third-order valence-corrected chi connectivity index (χ3v) is 0.306. The van der Waals surface area contributed by atoms with Gasteiger partial charge in [-0.05, 0) is 20.3 Å². The van der Waals surface area contributed by atoms with E-state index >= 15 is 0 Å². The fourth-order valence-electron chi connectivity index (χ4n) is 0. The summed E-state index contributed by atoms with van der Waals surface area (Å²) in [5.74, 6) is 1.91. The molecule has 1 N–H and O–H groups in total. The summed E-state index contributed by atoms with van der Waals surface area (Å²) in [5, 5.41) is 8.53. The average molecular weight is 83.1 g/mol. The van der Waals surface area contributed by atoms with Gasteiger partial charge >= 0.3 is 0 Å². The van der Waals surface area contributed by atoms with E-state index in [1.165, 1.54) is 13.8 Å². The number of rotatable bonds is 0. The van der Waals surface area contributed by atoms with Crippen LogP contribution < -0.4 is 0 Å². The average Bonchev–Trinajstić information content (AvgIpc) is 1.35.